The van der Waals surface area contributed by atoms with Crippen LogP contribution in [-0.4, -0.2) is 63.3 Å². The van der Waals surface area contributed by atoms with E-state index >= 15 is 0 Å². The third-order valence-corrected chi connectivity index (χ3v) is 7.40. The van der Waals surface area contributed by atoms with E-state index in [4.69, 9.17) is 4.74 Å². The predicted octanol–water partition coefficient (Wildman–Crippen LogP) is 0.941. The number of sulfone groups is 1. The van der Waals surface area contributed by atoms with Gasteiger partial charge in [-0.3, -0.25) is 9.59 Å². The third-order valence-electron chi connectivity index (χ3n) is 4.45. The molecule has 0 spiro atoms. The van der Waals surface area contributed by atoms with E-state index in [0.717, 1.165) is 23.1 Å². The van der Waals surface area contributed by atoms with Crippen molar-refractivity contribution in [3.05, 3.63) is 52.9 Å². The summed E-state index contributed by atoms with van der Waals surface area (Å²) in [6, 6.07) is 8.69. The SMILES string of the molecule is CCN(CC)S(=O)(=O)c1ccc(=O)n(CC(=O)Nc2cccc(OCCS(C)(=O)=O)c2)c1. The first-order valence-corrected chi connectivity index (χ1v) is 13.4. The maximum absolute atomic E-state index is 12.7. The van der Waals surface area contributed by atoms with E-state index in [0.29, 0.717) is 11.4 Å². The van der Waals surface area contributed by atoms with Gasteiger partial charge in [0.1, 0.15) is 18.9 Å². The summed E-state index contributed by atoms with van der Waals surface area (Å²) in [5.41, 5.74) is -0.136. The van der Waals surface area contributed by atoms with Crippen LogP contribution in [0.25, 0.3) is 0 Å². The smallest absolute Gasteiger partial charge is 0.251 e. The number of hydrogen-bond donors (Lipinski definition) is 1. The van der Waals surface area contributed by atoms with E-state index in [-0.39, 0.29) is 36.9 Å². The second-order valence-electron chi connectivity index (χ2n) is 6.97. The summed E-state index contributed by atoms with van der Waals surface area (Å²) in [5.74, 6) is -0.312. The van der Waals surface area contributed by atoms with Crippen LogP contribution in [0.4, 0.5) is 5.69 Å². The van der Waals surface area contributed by atoms with E-state index in [9.17, 15) is 26.4 Å². The van der Waals surface area contributed by atoms with Gasteiger partial charge in [-0.2, -0.15) is 4.31 Å². The summed E-state index contributed by atoms with van der Waals surface area (Å²) < 4.78 is 55.4. The van der Waals surface area contributed by atoms with Crippen LogP contribution in [0.3, 0.4) is 0 Å². The Morgan fingerprint density at radius 3 is 2.41 bits per heavy atom. The molecule has 0 fully saturated rings. The van der Waals surface area contributed by atoms with Gasteiger partial charge in [0.15, 0.2) is 9.84 Å². The van der Waals surface area contributed by atoms with Gasteiger partial charge in [-0.15, -0.1) is 0 Å². The molecule has 2 rings (SSSR count). The molecule has 1 aromatic carbocycles. The molecule has 32 heavy (non-hydrogen) atoms. The monoisotopic (exact) mass is 485 g/mol. The van der Waals surface area contributed by atoms with Crippen LogP contribution in [0.1, 0.15) is 13.8 Å². The Bertz CT molecular complexity index is 1220. The summed E-state index contributed by atoms with van der Waals surface area (Å²) >= 11 is 0. The Morgan fingerprint density at radius 2 is 1.78 bits per heavy atom. The lowest BCUT2D eigenvalue weighted by Crippen LogP contribution is -2.33. The molecule has 1 N–H and O–H groups in total. The van der Waals surface area contributed by atoms with Crippen LogP contribution in [0.15, 0.2) is 52.3 Å². The molecular formula is C20H27N3O7S2. The Balaban J connectivity index is 2.12. The number of hydrogen-bond acceptors (Lipinski definition) is 7. The van der Waals surface area contributed by atoms with Crippen LogP contribution in [0, 0.1) is 0 Å². The molecule has 0 atom stereocenters. The van der Waals surface area contributed by atoms with E-state index in [1.165, 1.54) is 16.4 Å². The fourth-order valence-corrected chi connectivity index (χ4v) is 4.69. The van der Waals surface area contributed by atoms with Crippen LogP contribution in [0.5, 0.6) is 5.75 Å². The van der Waals surface area contributed by atoms with Crippen molar-refractivity contribution >= 4 is 31.5 Å². The molecule has 0 aliphatic carbocycles. The molecule has 0 aliphatic heterocycles. The summed E-state index contributed by atoms with van der Waals surface area (Å²) in [6.45, 7) is 3.56. The molecule has 0 saturated carbocycles. The molecular weight excluding hydrogens is 458 g/mol. The van der Waals surface area contributed by atoms with Crippen molar-refractivity contribution in [3.63, 3.8) is 0 Å². The van der Waals surface area contributed by atoms with Crippen molar-refractivity contribution in [2.45, 2.75) is 25.3 Å². The first-order valence-electron chi connectivity index (χ1n) is 9.87. The van der Waals surface area contributed by atoms with Gasteiger partial charge >= 0.3 is 0 Å². The maximum Gasteiger partial charge on any atom is 0.251 e. The number of amides is 1. The summed E-state index contributed by atoms with van der Waals surface area (Å²) in [5, 5.41) is 2.61. The number of pyridine rings is 1. The molecule has 1 amide bonds. The maximum atomic E-state index is 12.7. The van der Waals surface area contributed by atoms with E-state index in [2.05, 4.69) is 5.32 Å². The molecule has 1 aromatic heterocycles. The number of benzene rings is 1. The Labute approximate surface area is 187 Å². The first-order chi connectivity index (χ1) is 15.0. The second kappa shape index (κ2) is 10.7. The minimum absolute atomic E-state index is 0.0283. The van der Waals surface area contributed by atoms with Crippen LogP contribution >= 0.6 is 0 Å². The third kappa shape index (κ3) is 7.18. The zero-order valence-corrected chi connectivity index (χ0v) is 19.8. The fraction of sp³-hybridized carbons (Fsp3) is 0.400. The highest BCUT2D eigenvalue weighted by Crippen LogP contribution is 2.18. The van der Waals surface area contributed by atoms with Gasteiger partial charge in [-0.05, 0) is 18.2 Å². The van der Waals surface area contributed by atoms with Gasteiger partial charge in [0, 0.05) is 43.4 Å². The topological polar surface area (TPSA) is 132 Å². The largest absolute Gasteiger partial charge is 0.492 e. The average Bonchev–Trinajstić information content (AvgIpc) is 2.69. The normalized spacial score (nSPS) is 12.0. The lowest BCUT2D eigenvalue weighted by Gasteiger charge is -2.19. The van der Waals surface area contributed by atoms with Crippen molar-refractivity contribution in [1.29, 1.82) is 0 Å². The minimum atomic E-state index is -3.78. The lowest BCUT2D eigenvalue weighted by atomic mass is 10.3. The highest BCUT2D eigenvalue weighted by molar-refractivity contribution is 7.90. The van der Waals surface area contributed by atoms with Gasteiger partial charge in [0.2, 0.25) is 15.9 Å². The molecule has 0 bridgehead atoms. The molecule has 10 nitrogen and oxygen atoms in total. The number of aromatic nitrogens is 1. The molecule has 0 unspecified atom stereocenters. The van der Waals surface area contributed by atoms with E-state index in [1.807, 2.05) is 0 Å². The van der Waals surface area contributed by atoms with Crippen molar-refractivity contribution in [1.82, 2.24) is 8.87 Å². The van der Waals surface area contributed by atoms with E-state index in [1.54, 1.807) is 32.0 Å². The highest BCUT2D eigenvalue weighted by Gasteiger charge is 2.22. The van der Waals surface area contributed by atoms with Gasteiger partial charge < -0.3 is 14.6 Å². The molecule has 0 radical (unpaired) electrons. The standard InChI is InChI=1S/C20H27N3O7S2/c1-4-23(5-2)32(28,29)18-9-10-20(25)22(14-18)15-19(24)21-16-7-6-8-17(13-16)30-11-12-31(3,26)27/h6-10,13-14H,4-5,11-12,15H2,1-3H3,(H,21,24). The van der Waals surface area contributed by atoms with Gasteiger partial charge in [-0.25, -0.2) is 16.8 Å². The Morgan fingerprint density at radius 1 is 1.09 bits per heavy atom. The number of nitrogens with zero attached hydrogens (tertiary/aromatic N) is 2. The average molecular weight is 486 g/mol. The predicted molar refractivity (Wildman–Crippen MR) is 121 cm³/mol. The number of sulfonamides is 1. The van der Waals surface area contributed by atoms with Gasteiger partial charge in [-0.1, -0.05) is 19.9 Å². The van der Waals surface area contributed by atoms with E-state index < -0.39 is 31.3 Å². The second-order valence-corrected chi connectivity index (χ2v) is 11.2. The van der Waals surface area contributed by atoms with Crippen molar-refractivity contribution in [3.8, 4) is 5.75 Å². The zero-order chi connectivity index (χ0) is 23.9. The number of carbonyl (C=O) groups excluding carboxylic acids is 1. The number of anilines is 1. The van der Waals surface area contributed by atoms with Crippen molar-refractivity contribution in [2.24, 2.45) is 0 Å². The number of rotatable bonds is 11. The number of carbonyl (C=O) groups is 1. The molecule has 2 aromatic rings. The molecule has 1 heterocycles. The molecule has 0 saturated heterocycles. The highest BCUT2D eigenvalue weighted by atomic mass is 32.2. The number of ether oxygens (including phenoxy) is 1. The summed E-state index contributed by atoms with van der Waals surface area (Å²) in [6.07, 6.45) is 2.26. The summed E-state index contributed by atoms with van der Waals surface area (Å²) in [7, 11) is -6.94. The quantitative estimate of drug-likeness (QED) is 0.501. The van der Waals surface area contributed by atoms with Crippen LogP contribution in [-0.2, 0) is 31.2 Å². The van der Waals surface area contributed by atoms with Crippen LogP contribution < -0.4 is 15.6 Å². The zero-order valence-electron chi connectivity index (χ0n) is 18.1. The van der Waals surface area contributed by atoms with Crippen molar-refractivity contribution in [2.75, 3.05) is 37.0 Å². The summed E-state index contributed by atoms with van der Waals surface area (Å²) in [4.78, 5) is 24.5. The molecule has 176 valence electrons. The lowest BCUT2D eigenvalue weighted by molar-refractivity contribution is -0.116. The first kappa shape index (κ1) is 25.6. The molecule has 12 heteroatoms. The van der Waals surface area contributed by atoms with Crippen LogP contribution in [0.2, 0.25) is 0 Å². The molecule has 0 aliphatic rings. The van der Waals surface area contributed by atoms with Gasteiger partial charge in [0.05, 0.1) is 10.6 Å². The minimum Gasteiger partial charge on any atom is -0.492 e. The van der Waals surface area contributed by atoms with Gasteiger partial charge in [0.25, 0.3) is 5.56 Å². The Kier molecular flexibility index (Phi) is 8.58. The Hall–Kier alpha value is -2.70. The fourth-order valence-electron chi connectivity index (χ4n) is 2.83. The van der Waals surface area contributed by atoms with Crippen molar-refractivity contribution < 1.29 is 26.4 Å². The number of nitrogens with one attached hydrogen (secondary N) is 1.